The number of nitrogens with one attached hydrogen (secondary N) is 6. The quantitative estimate of drug-likeness (QED) is 0.0813. The summed E-state index contributed by atoms with van der Waals surface area (Å²) in [7, 11) is 0. The first-order valence-electron chi connectivity index (χ1n) is 17.0. The van der Waals surface area contributed by atoms with E-state index in [1.54, 1.807) is 13.8 Å². The molecule has 0 aliphatic heterocycles. The number of primary amides is 1. The maximum absolute atomic E-state index is 13.2. The lowest BCUT2D eigenvalue weighted by Crippen LogP contribution is -2.59. The van der Waals surface area contributed by atoms with E-state index in [0.717, 1.165) is 19.3 Å². The summed E-state index contributed by atoms with van der Waals surface area (Å²) in [5.74, 6) is -3.86. The summed E-state index contributed by atoms with van der Waals surface area (Å²) in [6.07, 6.45) is 13.6. The van der Waals surface area contributed by atoms with E-state index in [2.05, 4.69) is 43.5 Å². The molecular weight excluding hydrogens is 604 g/mol. The minimum absolute atomic E-state index is 0.102. The van der Waals surface area contributed by atoms with Crippen molar-refractivity contribution in [1.82, 2.24) is 36.6 Å². The molecule has 0 aliphatic carbocycles. The average molecular weight is 663 g/mol. The van der Waals surface area contributed by atoms with Gasteiger partial charge in [-0.2, -0.15) is 0 Å². The monoisotopic (exact) mass is 662 g/mol. The first-order chi connectivity index (χ1) is 22.3. The van der Waals surface area contributed by atoms with E-state index < -0.39 is 60.2 Å². The van der Waals surface area contributed by atoms with Crippen LogP contribution in [0.5, 0.6) is 0 Å². The molecule has 1 aromatic heterocycles. The first-order valence-corrected chi connectivity index (χ1v) is 17.0. The molecule has 1 rings (SSSR count). The molecule has 0 fully saturated rings. The highest BCUT2D eigenvalue weighted by Crippen LogP contribution is 2.12. The van der Waals surface area contributed by atoms with Gasteiger partial charge in [-0.3, -0.25) is 28.8 Å². The van der Waals surface area contributed by atoms with Crippen LogP contribution in [-0.2, 0) is 35.2 Å². The van der Waals surface area contributed by atoms with Crippen LogP contribution in [0.25, 0.3) is 0 Å². The zero-order valence-electron chi connectivity index (χ0n) is 29.1. The van der Waals surface area contributed by atoms with Gasteiger partial charge in [-0.25, -0.2) is 4.98 Å². The van der Waals surface area contributed by atoms with Gasteiger partial charge in [0.05, 0.1) is 12.9 Å². The molecule has 266 valence electrons. The first kappa shape index (κ1) is 41.1. The Morgan fingerprint density at radius 3 is 1.81 bits per heavy atom. The van der Waals surface area contributed by atoms with Crippen LogP contribution >= 0.6 is 0 Å². The van der Waals surface area contributed by atoms with Gasteiger partial charge in [-0.1, -0.05) is 86.0 Å². The Morgan fingerprint density at radius 2 is 1.28 bits per heavy atom. The number of carbonyl (C=O) groups excluding carboxylic acids is 6. The van der Waals surface area contributed by atoms with Crippen LogP contribution in [0.1, 0.15) is 111 Å². The Kier molecular flexibility index (Phi) is 19.7. The smallest absolute Gasteiger partial charge is 0.243 e. The Bertz CT molecular complexity index is 1120. The van der Waals surface area contributed by atoms with Crippen LogP contribution in [0, 0.1) is 11.8 Å². The molecule has 0 aliphatic rings. The van der Waals surface area contributed by atoms with Crippen LogP contribution in [0.15, 0.2) is 12.5 Å². The molecule has 0 saturated heterocycles. The summed E-state index contributed by atoms with van der Waals surface area (Å²) in [5, 5.41) is 13.0. The van der Waals surface area contributed by atoms with Crippen molar-refractivity contribution < 1.29 is 28.8 Å². The van der Waals surface area contributed by atoms with Crippen molar-refractivity contribution in [2.75, 3.05) is 6.54 Å². The fraction of sp³-hybridized carbons (Fsp3) is 0.727. The van der Waals surface area contributed by atoms with Gasteiger partial charge in [-0.15, -0.1) is 0 Å². The number of rotatable bonds is 24. The highest BCUT2D eigenvalue weighted by molar-refractivity contribution is 5.95. The van der Waals surface area contributed by atoms with Gasteiger partial charge in [-0.05, 0) is 25.2 Å². The van der Waals surface area contributed by atoms with E-state index in [-0.39, 0.29) is 24.2 Å². The fourth-order valence-electron chi connectivity index (χ4n) is 4.93. The second kappa shape index (κ2) is 22.5. The number of unbranched alkanes of at least 4 members (excludes halogenated alkanes) is 8. The number of aromatic nitrogens is 2. The molecule has 47 heavy (non-hydrogen) atoms. The number of nitrogens with two attached hydrogens (primary N) is 1. The Balaban J connectivity index is 2.57. The molecule has 0 spiro atoms. The lowest BCUT2D eigenvalue weighted by Gasteiger charge is -2.28. The zero-order chi connectivity index (χ0) is 35.4. The second-order valence-corrected chi connectivity index (χ2v) is 12.8. The molecule has 0 unspecified atom stereocenters. The van der Waals surface area contributed by atoms with E-state index >= 15 is 0 Å². The van der Waals surface area contributed by atoms with Crippen LogP contribution in [-0.4, -0.2) is 76.1 Å². The molecule has 0 bridgehead atoms. The number of imidazole rings is 1. The van der Waals surface area contributed by atoms with Gasteiger partial charge in [0.2, 0.25) is 35.4 Å². The molecule has 1 aromatic rings. The highest BCUT2D eigenvalue weighted by atomic mass is 16.2. The SMILES string of the molecule is CCCCCCCCCCCC(=O)N[C@@H](C(=O)N[C@@H](C(=O)N[C@H](C)C(=O)NCC(=O)N[C@H](Cc1cnc[nH]1)C(N)=O)C(C)C)C(C)C. The largest absolute Gasteiger partial charge is 0.368 e. The predicted molar refractivity (Wildman–Crippen MR) is 179 cm³/mol. The van der Waals surface area contributed by atoms with Crippen molar-refractivity contribution in [1.29, 1.82) is 0 Å². The standard InChI is InChI=1S/C33H58N8O6/c1-7-8-9-10-11-12-13-14-15-16-26(42)40-28(21(2)3)33(47)41-29(22(4)5)32(46)38-23(6)31(45)36-19-27(43)39-25(30(34)44)17-24-18-35-20-37-24/h18,20-23,25,28-29H,7-17,19H2,1-6H3,(H2,34,44)(H,35,37)(H,36,45)(H,38,46)(H,39,43)(H,40,42)(H,41,47)/t23-,25-,28-,29-/m1/s1. The molecule has 14 nitrogen and oxygen atoms in total. The van der Waals surface area contributed by atoms with Crippen molar-refractivity contribution in [3.63, 3.8) is 0 Å². The number of hydrogen-bond acceptors (Lipinski definition) is 7. The second-order valence-electron chi connectivity index (χ2n) is 12.8. The molecule has 0 saturated carbocycles. The molecule has 14 heteroatoms. The number of nitrogens with zero attached hydrogens (tertiary/aromatic N) is 1. The zero-order valence-corrected chi connectivity index (χ0v) is 29.1. The summed E-state index contributed by atoms with van der Waals surface area (Å²) in [6, 6.07) is -3.86. The number of aromatic amines is 1. The fourth-order valence-corrected chi connectivity index (χ4v) is 4.93. The number of hydrogen-bond donors (Lipinski definition) is 7. The molecule has 1 heterocycles. The molecule has 0 aromatic carbocycles. The van der Waals surface area contributed by atoms with Crippen LogP contribution < -0.4 is 32.3 Å². The van der Waals surface area contributed by atoms with E-state index in [9.17, 15) is 28.8 Å². The van der Waals surface area contributed by atoms with Crippen molar-refractivity contribution in [2.24, 2.45) is 17.6 Å². The summed E-state index contributed by atoms with van der Waals surface area (Å²) < 4.78 is 0. The molecule has 4 atom stereocenters. The topological polar surface area (TPSA) is 217 Å². The van der Waals surface area contributed by atoms with Gasteiger partial charge in [0.15, 0.2) is 0 Å². The van der Waals surface area contributed by atoms with E-state index in [0.29, 0.717) is 12.1 Å². The van der Waals surface area contributed by atoms with Gasteiger partial charge in [0.25, 0.3) is 0 Å². The number of carbonyl (C=O) groups is 6. The Hall–Kier alpha value is -3.97. The highest BCUT2D eigenvalue weighted by Gasteiger charge is 2.31. The normalized spacial score (nSPS) is 13.7. The van der Waals surface area contributed by atoms with Crippen LogP contribution in [0.3, 0.4) is 0 Å². The van der Waals surface area contributed by atoms with Gasteiger partial charge in [0.1, 0.15) is 24.2 Å². The Labute approximate surface area is 279 Å². The third kappa shape index (κ3) is 17.0. The van der Waals surface area contributed by atoms with Crippen LogP contribution in [0.2, 0.25) is 0 Å². The van der Waals surface area contributed by atoms with E-state index in [1.807, 2.05) is 13.8 Å². The number of amides is 6. The summed E-state index contributed by atoms with van der Waals surface area (Å²) >= 11 is 0. The third-order valence-corrected chi connectivity index (χ3v) is 7.85. The van der Waals surface area contributed by atoms with Crippen molar-refractivity contribution >= 4 is 35.4 Å². The lowest BCUT2D eigenvalue weighted by molar-refractivity contribution is -0.135. The summed E-state index contributed by atoms with van der Waals surface area (Å²) in [5.41, 5.74) is 5.98. The van der Waals surface area contributed by atoms with Crippen LogP contribution in [0.4, 0.5) is 0 Å². The maximum atomic E-state index is 13.2. The number of H-pyrrole nitrogens is 1. The van der Waals surface area contributed by atoms with Crippen molar-refractivity contribution in [2.45, 2.75) is 136 Å². The van der Waals surface area contributed by atoms with E-state index in [4.69, 9.17) is 5.73 Å². The summed E-state index contributed by atoms with van der Waals surface area (Å²) in [6.45, 7) is 10.3. The third-order valence-electron chi connectivity index (χ3n) is 7.85. The van der Waals surface area contributed by atoms with Gasteiger partial charge in [0, 0.05) is 24.7 Å². The van der Waals surface area contributed by atoms with Gasteiger partial charge >= 0.3 is 0 Å². The minimum Gasteiger partial charge on any atom is -0.368 e. The maximum Gasteiger partial charge on any atom is 0.243 e. The molecular formula is C33H58N8O6. The lowest BCUT2D eigenvalue weighted by atomic mass is 9.99. The predicted octanol–water partition coefficient (Wildman–Crippen LogP) is 1.75. The molecule has 6 amide bonds. The minimum atomic E-state index is -1.04. The Morgan fingerprint density at radius 1 is 0.723 bits per heavy atom. The van der Waals surface area contributed by atoms with Crippen molar-refractivity contribution in [3.05, 3.63) is 18.2 Å². The summed E-state index contributed by atoms with van der Waals surface area (Å²) in [4.78, 5) is 82.4. The van der Waals surface area contributed by atoms with E-state index in [1.165, 1.54) is 58.0 Å². The van der Waals surface area contributed by atoms with Crippen molar-refractivity contribution in [3.8, 4) is 0 Å². The molecule has 8 N–H and O–H groups in total. The molecule has 0 radical (unpaired) electrons. The van der Waals surface area contributed by atoms with Gasteiger partial charge < -0.3 is 37.3 Å². The average Bonchev–Trinajstić information content (AvgIpc) is 3.52.